The molecule has 6 heteroatoms. The van der Waals surface area contributed by atoms with E-state index in [-0.39, 0.29) is 6.04 Å². The third-order valence-corrected chi connectivity index (χ3v) is 2.58. The van der Waals surface area contributed by atoms with Gasteiger partial charge < -0.3 is 9.47 Å². The number of rotatable bonds is 2. The molecule has 2 aliphatic rings. The fourth-order valence-corrected chi connectivity index (χ4v) is 1.69. The average Bonchev–Trinajstić information content (AvgIpc) is 2.52. The van der Waals surface area contributed by atoms with Gasteiger partial charge >= 0.3 is 6.09 Å². The molecule has 1 atom stereocenters. The monoisotopic (exact) mass is 201 g/mol. The summed E-state index contributed by atoms with van der Waals surface area (Å²) >= 11 is 0. The first-order chi connectivity index (χ1) is 6.77. The largest absolute Gasteiger partial charge is 0.446 e. The fourth-order valence-electron chi connectivity index (χ4n) is 1.69. The molecule has 2 heterocycles. The zero-order valence-electron chi connectivity index (χ0n) is 8.02. The van der Waals surface area contributed by atoms with Crippen LogP contribution in [0.5, 0.6) is 0 Å². The summed E-state index contributed by atoms with van der Waals surface area (Å²) in [6, 6.07) is -0.0133. The number of carbonyl (C=O) groups excluding carboxylic acids is 1. The summed E-state index contributed by atoms with van der Waals surface area (Å²) in [5.74, 6) is 5.54. The van der Waals surface area contributed by atoms with Crippen LogP contribution < -0.4 is 5.84 Å². The maximum Gasteiger partial charge on any atom is 0.424 e. The highest BCUT2D eigenvalue weighted by molar-refractivity contribution is 5.69. The lowest BCUT2D eigenvalue weighted by Gasteiger charge is -2.29. The van der Waals surface area contributed by atoms with Gasteiger partial charge in [0.25, 0.3) is 0 Å². The molecule has 2 fully saturated rings. The highest BCUT2D eigenvalue weighted by Gasteiger charge is 2.32. The van der Waals surface area contributed by atoms with Crippen LogP contribution in [-0.4, -0.2) is 61.5 Å². The van der Waals surface area contributed by atoms with Gasteiger partial charge in [-0.15, -0.1) is 0 Å². The average molecular weight is 201 g/mol. The predicted molar refractivity (Wildman–Crippen MR) is 48.4 cm³/mol. The molecule has 6 nitrogen and oxygen atoms in total. The zero-order valence-corrected chi connectivity index (χ0v) is 8.02. The molecule has 0 spiro atoms. The first kappa shape index (κ1) is 9.70. The third-order valence-electron chi connectivity index (χ3n) is 2.58. The highest BCUT2D eigenvalue weighted by atomic mass is 16.6. The number of nitrogens with zero attached hydrogens (tertiary/aromatic N) is 2. The molecule has 1 amide bonds. The Hall–Kier alpha value is -0.850. The van der Waals surface area contributed by atoms with Gasteiger partial charge in [0.05, 0.1) is 19.3 Å². The van der Waals surface area contributed by atoms with E-state index in [0.29, 0.717) is 6.61 Å². The van der Waals surface area contributed by atoms with Crippen molar-refractivity contribution in [2.45, 2.75) is 6.04 Å². The summed E-state index contributed by atoms with van der Waals surface area (Å²) in [6.07, 6.45) is -0.428. The van der Waals surface area contributed by atoms with E-state index in [0.717, 1.165) is 32.8 Å². The van der Waals surface area contributed by atoms with E-state index in [1.54, 1.807) is 0 Å². The number of nitrogens with two attached hydrogens (primary N) is 1. The molecule has 2 aliphatic heterocycles. The normalized spacial score (nSPS) is 29.4. The number of carbonyl (C=O) groups is 1. The topological polar surface area (TPSA) is 68.0 Å². The Labute approximate surface area is 82.5 Å². The number of ether oxygens (including phenoxy) is 2. The summed E-state index contributed by atoms with van der Waals surface area (Å²) in [5, 5.41) is 1.18. The van der Waals surface area contributed by atoms with E-state index < -0.39 is 6.09 Å². The molecule has 0 saturated carbocycles. The first-order valence-corrected chi connectivity index (χ1v) is 4.78. The molecule has 2 saturated heterocycles. The van der Waals surface area contributed by atoms with Gasteiger partial charge in [0.2, 0.25) is 0 Å². The molecule has 2 N–H and O–H groups in total. The molecule has 0 aliphatic carbocycles. The molecule has 0 radical (unpaired) electrons. The second kappa shape index (κ2) is 4.12. The maximum atomic E-state index is 11.0. The van der Waals surface area contributed by atoms with Crippen LogP contribution in [0.25, 0.3) is 0 Å². The third kappa shape index (κ3) is 1.97. The Kier molecular flexibility index (Phi) is 2.85. The minimum absolute atomic E-state index is 0.0133. The Bertz CT molecular complexity index is 218. The van der Waals surface area contributed by atoms with Crippen molar-refractivity contribution in [2.75, 3.05) is 39.5 Å². The summed E-state index contributed by atoms with van der Waals surface area (Å²) in [4.78, 5) is 13.2. The SMILES string of the molecule is NN1C(=O)OCC1CN1CCOCC1. The van der Waals surface area contributed by atoms with Crippen molar-refractivity contribution in [3.63, 3.8) is 0 Å². The molecule has 1 unspecified atom stereocenters. The molecule has 2 rings (SSSR count). The number of hydrogen-bond acceptors (Lipinski definition) is 5. The lowest BCUT2D eigenvalue weighted by Crippen LogP contribution is -2.49. The molecular formula is C8H15N3O3. The van der Waals surface area contributed by atoms with Gasteiger partial charge in [-0.1, -0.05) is 0 Å². The van der Waals surface area contributed by atoms with Crippen molar-refractivity contribution in [2.24, 2.45) is 5.84 Å². The number of morpholine rings is 1. The second-order valence-electron chi connectivity index (χ2n) is 3.55. The van der Waals surface area contributed by atoms with Crippen LogP contribution in [0.1, 0.15) is 0 Å². The molecule has 14 heavy (non-hydrogen) atoms. The van der Waals surface area contributed by atoms with Crippen molar-refractivity contribution in [1.82, 2.24) is 9.91 Å². The quantitative estimate of drug-likeness (QED) is 0.459. The van der Waals surface area contributed by atoms with Crippen molar-refractivity contribution in [3.8, 4) is 0 Å². The van der Waals surface area contributed by atoms with Crippen molar-refractivity contribution in [1.29, 1.82) is 0 Å². The van der Waals surface area contributed by atoms with Crippen LogP contribution in [0, 0.1) is 0 Å². The van der Waals surface area contributed by atoms with E-state index in [2.05, 4.69) is 4.90 Å². The van der Waals surface area contributed by atoms with Crippen molar-refractivity contribution in [3.05, 3.63) is 0 Å². The number of hydrazine groups is 1. The Balaban J connectivity index is 1.81. The van der Waals surface area contributed by atoms with Crippen molar-refractivity contribution >= 4 is 6.09 Å². The molecule has 0 aromatic heterocycles. The predicted octanol–water partition coefficient (Wildman–Crippen LogP) is -0.987. The van der Waals surface area contributed by atoms with Gasteiger partial charge in [-0.05, 0) is 0 Å². The highest BCUT2D eigenvalue weighted by Crippen LogP contribution is 2.09. The molecule has 0 aromatic rings. The van der Waals surface area contributed by atoms with Gasteiger partial charge in [0.15, 0.2) is 0 Å². The maximum absolute atomic E-state index is 11.0. The van der Waals surface area contributed by atoms with Crippen molar-refractivity contribution < 1.29 is 14.3 Å². The van der Waals surface area contributed by atoms with Crippen LogP contribution in [0.2, 0.25) is 0 Å². The van der Waals surface area contributed by atoms with E-state index in [4.69, 9.17) is 15.3 Å². The van der Waals surface area contributed by atoms with Crippen LogP contribution in [0.15, 0.2) is 0 Å². The van der Waals surface area contributed by atoms with Crippen LogP contribution in [0.3, 0.4) is 0 Å². The molecule has 0 bridgehead atoms. The molecule has 0 aromatic carbocycles. The summed E-state index contributed by atoms with van der Waals surface area (Å²) in [7, 11) is 0. The van der Waals surface area contributed by atoms with Gasteiger partial charge in [-0.25, -0.2) is 15.6 Å². The Morgan fingerprint density at radius 3 is 2.71 bits per heavy atom. The van der Waals surface area contributed by atoms with Gasteiger partial charge in [-0.3, -0.25) is 4.90 Å². The summed E-state index contributed by atoms with van der Waals surface area (Å²) < 4.78 is 10.1. The summed E-state index contributed by atoms with van der Waals surface area (Å²) in [6.45, 7) is 4.48. The fraction of sp³-hybridized carbons (Fsp3) is 0.875. The lowest BCUT2D eigenvalue weighted by atomic mass is 10.3. The van der Waals surface area contributed by atoms with E-state index >= 15 is 0 Å². The van der Waals surface area contributed by atoms with Crippen LogP contribution in [-0.2, 0) is 9.47 Å². The van der Waals surface area contributed by atoms with Gasteiger partial charge in [0.1, 0.15) is 6.61 Å². The first-order valence-electron chi connectivity index (χ1n) is 4.78. The van der Waals surface area contributed by atoms with E-state index in [1.165, 1.54) is 5.01 Å². The Morgan fingerprint density at radius 2 is 2.14 bits per heavy atom. The van der Waals surface area contributed by atoms with Gasteiger partial charge in [0, 0.05) is 19.6 Å². The lowest BCUT2D eigenvalue weighted by molar-refractivity contribution is 0.0288. The van der Waals surface area contributed by atoms with Crippen LogP contribution in [0.4, 0.5) is 4.79 Å². The molecule has 80 valence electrons. The minimum Gasteiger partial charge on any atom is -0.446 e. The molecular weight excluding hydrogens is 186 g/mol. The van der Waals surface area contributed by atoms with Gasteiger partial charge in [-0.2, -0.15) is 0 Å². The number of amides is 1. The van der Waals surface area contributed by atoms with E-state index in [9.17, 15) is 4.79 Å². The van der Waals surface area contributed by atoms with E-state index in [1.807, 2.05) is 0 Å². The van der Waals surface area contributed by atoms with Crippen LogP contribution >= 0.6 is 0 Å². The minimum atomic E-state index is -0.428. The second-order valence-corrected chi connectivity index (χ2v) is 3.55. The number of cyclic esters (lactones) is 1. The summed E-state index contributed by atoms with van der Waals surface area (Å²) in [5.41, 5.74) is 0. The zero-order chi connectivity index (χ0) is 9.97. The smallest absolute Gasteiger partial charge is 0.424 e. The standard InChI is InChI=1S/C8H15N3O3/c9-11-7(6-14-8(11)12)5-10-1-3-13-4-2-10/h7H,1-6,9H2. The number of hydrogen-bond donors (Lipinski definition) is 1. The Morgan fingerprint density at radius 1 is 1.43 bits per heavy atom.